The molecule has 1 heterocycles. The van der Waals surface area contributed by atoms with Gasteiger partial charge in [0.15, 0.2) is 0 Å². The molecule has 0 aliphatic heterocycles. The summed E-state index contributed by atoms with van der Waals surface area (Å²) in [4.78, 5) is 10.2. The second-order valence-corrected chi connectivity index (χ2v) is 6.45. The molecule has 2 rings (SSSR count). The predicted octanol–water partition coefficient (Wildman–Crippen LogP) is 0.893. The summed E-state index contributed by atoms with van der Waals surface area (Å²) in [6.07, 6.45) is 1.58. The van der Waals surface area contributed by atoms with Crippen LogP contribution >= 0.6 is 0 Å². The molecule has 0 aliphatic rings. The van der Waals surface area contributed by atoms with Crippen molar-refractivity contribution in [1.82, 2.24) is 14.7 Å². The third kappa shape index (κ3) is 3.78. The van der Waals surface area contributed by atoms with Gasteiger partial charge in [0.2, 0.25) is 10.0 Å². The van der Waals surface area contributed by atoms with Gasteiger partial charge in [-0.2, -0.15) is 5.26 Å². The Morgan fingerprint density at radius 3 is 2.50 bits per heavy atom. The van der Waals surface area contributed by atoms with Crippen LogP contribution in [-0.2, 0) is 16.6 Å². The Balaban J connectivity index is 2.12. The second kappa shape index (κ2) is 6.51. The molecule has 1 N–H and O–H groups in total. The van der Waals surface area contributed by atoms with Crippen molar-refractivity contribution in [3.63, 3.8) is 0 Å². The van der Waals surface area contributed by atoms with Crippen LogP contribution < -0.4 is 9.62 Å². The Labute approximate surface area is 129 Å². The summed E-state index contributed by atoms with van der Waals surface area (Å²) in [5, 5.41) is 8.72. The smallest absolute Gasteiger partial charge is 0.240 e. The van der Waals surface area contributed by atoms with Crippen molar-refractivity contribution in [3.05, 3.63) is 47.9 Å². The highest BCUT2D eigenvalue weighted by Crippen LogP contribution is 2.11. The second-order valence-electron chi connectivity index (χ2n) is 4.69. The molecular formula is C14H15N5O2S. The van der Waals surface area contributed by atoms with E-state index in [4.69, 9.17) is 5.26 Å². The highest BCUT2D eigenvalue weighted by molar-refractivity contribution is 7.89. The van der Waals surface area contributed by atoms with Crippen LogP contribution in [0, 0.1) is 11.3 Å². The van der Waals surface area contributed by atoms with E-state index in [-0.39, 0.29) is 11.4 Å². The molecule has 0 saturated heterocycles. The summed E-state index contributed by atoms with van der Waals surface area (Å²) < 4.78 is 26.8. The van der Waals surface area contributed by atoms with Gasteiger partial charge in [0.25, 0.3) is 0 Å². The predicted molar refractivity (Wildman–Crippen MR) is 81.5 cm³/mol. The molecule has 0 amide bonds. The molecule has 7 nitrogen and oxygen atoms in total. The van der Waals surface area contributed by atoms with Crippen molar-refractivity contribution in [3.8, 4) is 6.07 Å². The third-order valence-electron chi connectivity index (χ3n) is 2.86. The van der Waals surface area contributed by atoms with Crippen molar-refractivity contribution in [2.24, 2.45) is 0 Å². The van der Waals surface area contributed by atoms with E-state index >= 15 is 0 Å². The summed E-state index contributed by atoms with van der Waals surface area (Å²) in [7, 11) is 0.0111. The van der Waals surface area contributed by atoms with E-state index in [1.165, 1.54) is 24.3 Å². The number of sulfonamides is 1. The van der Waals surface area contributed by atoms with Crippen molar-refractivity contribution in [1.29, 1.82) is 5.26 Å². The van der Waals surface area contributed by atoms with Crippen LogP contribution in [0.3, 0.4) is 0 Å². The van der Waals surface area contributed by atoms with Gasteiger partial charge in [-0.05, 0) is 30.3 Å². The summed E-state index contributed by atoms with van der Waals surface area (Å²) >= 11 is 0. The highest BCUT2D eigenvalue weighted by atomic mass is 32.2. The monoisotopic (exact) mass is 317 g/mol. The number of hydrogen-bond acceptors (Lipinski definition) is 6. The quantitative estimate of drug-likeness (QED) is 0.879. The maximum atomic E-state index is 12.2. The van der Waals surface area contributed by atoms with Gasteiger partial charge < -0.3 is 4.90 Å². The first-order chi connectivity index (χ1) is 10.4. The van der Waals surface area contributed by atoms with Gasteiger partial charge in [-0.3, -0.25) is 0 Å². The van der Waals surface area contributed by atoms with Gasteiger partial charge in [0.05, 0.1) is 23.1 Å². The van der Waals surface area contributed by atoms with Crippen molar-refractivity contribution < 1.29 is 8.42 Å². The van der Waals surface area contributed by atoms with Gasteiger partial charge in [0.1, 0.15) is 11.6 Å². The molecule has 2 aromatic rings. The van der Waals surface area contributed by atoms with E-state index in [0.717, 1.165) is 0 Å². The number of hydrogen-bond donors (Lipinski definition) is 1. The third-order valence-corrected chi connectivity index (χ3v) is 4.28. The molecule has 0 saturated carbocycles. The first-order valence-electron chi connectivity index (χ1n) is 6.41. The Kier molecular flexibility index (Phi) is 4.70. The summed E-state index contributed by atoms with van der Waals surface area (Å²) in [5.41, 5.74) is 0.404. The van der Waals surface area contributed by atoms with Crippen LogP contribution in [-0.4, -0.2) is 32.5 Å². The molecule has 1 aromatic carbocycles. The van der Waals surface area contributed by atoms with E-state index < -0.39 is 10.0 Å². The number of nitriles is 1. The van der Waals surface area contributed by atoms with Crippen LogP contribution in [0.5, 0.6) is 0 Å². The van der Waals surface area contributed by atoms with E-state index in [1.54, 1.807) is 17.2 Å². The molecule has 1 aromatic heterocycles. The number of aromatic nitrogens is 2. The number of anilines is 1. The fourth-order valence-electron chi connectivity index (χ4n) is 1.67. The van der Waals surface area contributed by atoms with Crippen LogP contribution in [0.15, 0.2) is 41.4 Å². The van der Waals surface area contributed by atoms with Gasteiger partial charge in [-0.25, -0.2) is 23.1 Å². The van der Waals surface area contributed by atoms with Crippen molar-refractivity contribution in [2.45, 2.75) is 11.4 Å². The Morgan fingerprint density at radius 1 is 1.23 bits per heavy atom. The molecule has 0 aliphatic carbocycles. The summed E-state index contributed by atoms with van der Waals surface area (Å²) in [6.45, 7) is -0.00991. The summed E-state index contributed by atoms with van der Waals surface area (Å²) in [6, 6.07) is 9.36. The van der Waals surface area contributed by atoms with E-state index in [2.05, 4.69) is 14.7 Å². The topological polar surface area (TPSA) is 99.0 Å². The fraction of sp³-hybridized carbons (Fsp3) is 0.214. The number of benzene rings is 1. The maximum Gasteiger partial charge on any atom is 0.240 e. The normalized spacial score (nSPS) is 11.0. The average Bonchev–Trinajstić information content (AvgIpc) is 2.53. The van der Waals surface area contributed by atoms with Crippen LogP contribution in [0.1, 0.15) is 11.4 Å². The summed E-state index contributed by atoms with van der Waals surface area (Å²) in [5.74, 6) is 1.07. The van der Waals surface area contributed by atoms with Crippen molar-refractivity contribution >= 4 is 15.8 Å². The first kappa shape index (κ1) is 15.9. The minimum Gasteiger partial charge on any atom is -0.363 e. The molecule has 114 valence electrons. The van der Waals surface area contributed by atoms with Gasteiger partial charge in [-0.1, -0.05) is 0 Å². The lowest BCUT2D eigenvalue weighted by Crippen LogP contribution is -2.24. The minimum absolute atomic E-state index is 0.00991. The SMILES string of the molecule is CN(C)c1ccnc(CNS(=O)(=O)c2ccc(C#N)cc2)n1. The Bertz CT molecular complexity index is 795. The minimum atomic E-state index is -3.67. The Hall–Kier alpha value is -2.50. The molecule has 8 heteroatoms. The largest absolute Gasteiger partial charge is 0.363 e. The lowest BCUT2D eigenvalue weighted by atomic mass is 10.2. The zero-order valence-electron chi connectivity index (χ0n) is 12.2. The van der Waals surface area contributed by atoms with E-state index in [0.29, 0.717) is 17.2 Å². The molecule has 0 radical (unpaired) electrons. The van der Waals surface area contributed by atoms with Gasteiger partial charge in [0, 0.05) is 20.3 Å². The fourth-order valence-corrected chi connectivity index (χ4v) is 2.65. The van der Waals surface area contributed by atoms with E-state index in [1.807, 2.05) is 20.2 Å². The molecule has 0 spiro atoms. The highest BCUT2D eigenvalue weighted by Gasteiger charge is 2.14. The van der Waals surface area contributed by atoms with Crippen LogP contribution in [0.2, 0.25) is 0 Å². The van der Waals surface area contributed by atoms with E-state index in [9.17, 15) is 8.42 Å². The van der Waals surface area contributed by atoms with Crippen LogP contribution in [0.25, 0.3) is 0 Å². The zero-order valence-corrected chi connectivity index (χ0v) is 13.0. The Morgan fingerprint density at radius 2 is 1.91 bits per heavy atom. The molecule has 0 atom stereocenters. The van der Waals surface area contributed by atoms with Crippen LogP contribution in [0.4, 0.5) is 5.82 Å². The number of nitrogens with one attached hydrogen (secondary N) is 1. The molecule has 22 heavy (non-hydrogen) atoms. The zero-order chi connectivity index (χ0) is 16.2. The molecule has 0 unspecified atom stereocenters. The molecule has 0 bridgehead atoms. The van der Waals surface area contributed by atoms with Crippen molar-refractivity contribution in [2.75, 3.05) is 19.0 Å². The molecular weight excluding hydrogens is 302 g/mol. The lowest BCUT2D eigenvalue weighted by Gasteiger charge is -2.12. The average molecular weight is 317 g/mol. The number of rotatable bonds is 5. The first-order valence-corrected chi connectivity index (χ1v) is 7.90. The molecule has 0 fully saturated rings. The lowest BCUT2D eigenvalue weighted by molar-refractivity contribution is 0.579. The maximum absolute atomic E-state index is 12.2. The van der Waals surface area contributed by atoms with Gasteiger partial charge >= 0.3 is 0 Å². The number of nitrogens with zero attached hydrogens (tertiary/aromatic N) is 4. The van der Waals surface area contributed by atoms with Gasteiger partial charge in [-0.15, -0.1) is 0 Å². The standard InChI is InChI=1S/C14H15N5O2S/c1-19(2)14-7-8-16-13(18-14)10-17-22(20,21)12-5-3-11(9-15)4-6-12/h3-8,17H,10H2,1-2H3.